The van der Waals surface area contributed by atoms with Gasteiger partial charge in [-0.05, 0) is 6.07 Å². The van der Waals surface area contributed by atoms with E-state index < -0.39 is 28.0 Å². The molecule has 7 heteroatoms. The van der Waals surface area contributed by atoms with Gasteiger partial charge in [-0.25, -0.2) is 4.39 Å². The molecule has 0 bridgehead atoms. The number of ether oxygens (including phenoxy) is 1. The molecular weight excluding hydrogens is 210 g/mol. The van der Waals surface area contributed by atoms with E-state index in [1.165, 1.54) is 0 Å². The minimum absolute atomic E-state index is 0.0487. The van der Waals surface area contributed by atoms with E-state index in [0.717, 1.165) is 6.07 Å². The molecule has 0 spiro atoms. The van der Waals surface area contributed by atoms with Crippen LogP contribution in [0.25, 0.3) is 0 Å². The molecule has 0 radical (unpaired) electrons. The van der Waals surface area contributed by atoms with Gasteiger partial charge in [0.2, 0.25) is 11.6 Å². The zero-order valence-electron chi connectivity index (χ0n) is 7.57. The largest absolute Gasteiger partial charge is 0.483 e. The van der Waals surface area contributed by atoms with Gasteiger partial charge in [0.1, 0.15) is 6.61 Å². The molecule has 5 nitrogen and oxygen atoms in total. The first kappa shape index (κ1) is 11.3. The molecule has 2 N–H and O–H groups in total. The van der Waals surface area contributed by atoms with Crippen molar-refractivity contribution in [2.24, 2.45) is 5.73 Å². The number of nitro groups is 1. The monoisotopic (exact) mass is 218 g/mol. The second-order valence-electron chi connectivity index (χ2n) is 2.60. The minimum atomic E-state index is -1.38. The van der Waals surface area contributed by atoms with Crippen molar-refractivity contribution in [2.45, 2.75) is 0 Å². The summed E-state index contributed by atoms with van der Waals surface area (Å²) in [6, 6.07) is 1.51. The Morgan fingerprint density at radius 2 is 2.13 bits per heavy atom. The molecule has 0 aromatic heterocycles. The fraction of sp³-hybridized carbons (Fsp3) is 0.250. The molecule has 0 fully saturated rings. The number of rotatable bonds is 4. The fourth-order valence-corrected chi connectivity index (χ4v) is 0.964. The van der Waals surface area contributed by atoms with E-state index in [1.54, 1.807) is 0 Å². The Kier molecular flexibility index (Phi) is 3.51. The normalized spacial score (nSPS) is 10.1. The van der Waals surface area contributed by atoms with Crippen LogP contribution in [0.5, 0.6) is 5.75 Å². The van der Waals surface area contributed by atoms with Gasteiger partial charge in [0.05, 0.1) is 4.92 Å². The SMILES string of the molecule is NCCOc1c([N+](=O)[O-])ccc(F)c1F. The summed E-state index contributed by atoms with van der Waals surface area (Å²) >= 11 is 0. The molecular formula is C8H8F2N2O3. The molecule has 0 amide bonds. The number of hydrogen-bond acceptors (Lipinski definition) is 4. The van der Waals surface area contributed by atoms with Gasteiger partial charge in [-0.1, -0.05) is 0 Å². The van der Waals surface area contributed by atoms with Crippen molar-refractivity contribution in [3.05, 3.63) is 33.9 Å². The van der Waals surface area contributed by atoms with Gasteiger partial charge in [0, 0.05) is 12.6 Å². The molecule has 0 aliphatic heterocycles. The summed E-state index contributed by atoms with van der Waals surface area (Å²) in [5.41, 5.74) is 4.46. The topological polar surface area (TPSA) is 78.4 Å². The van der Waals surface area contributed by atoms with Crippen molar-refractivity contribution >= 4 is 5.69 Å². The highest BCUT2D eigenvalue weighted by molar-refractivity contribution is 5.47. The Morgan fingerprint density at radius 1 is 1.47 bits per heavy atom. The summed E-state index contributed by atoms with van der Waals surface area (Å²) < 4.78 is 30.5. The highest BCUT2D eigenvalue weighted by Gasteiger charge is 2.22. The van der Waals surface area contributed by atoms with E-state index in [2.05, 4.69) is 4.74 Å². The van der Waals surface area contributed by atoms with Crippen LogP contribution in [-0.4, -0.2) is 18.1 Å². The maximum Gasteiger partial charge on any atom is 0.314 e. The number of nitro benzene ring substituents is 1. The zero-order chi connectivity index (χ0) is 11.4. The lowest BCUT2D eigenvalue weighted by atomic mass is 10.2. The number of nitrogens with two attached hydrogens (primary N) is 1. The number of halogens is 2. The van der Waals surface area contributed by atoms with Crippen molar-refractivity contribution in [1.82, 2.24) is 0 Å². The lowest BCUT2D eigenvalue weighted by Crippen LogP contribution is -2.12. The van der Waals surface area contributed by atoms with Crippen LogP contribution in [0.1, 0.15) is 0 Å². The first-order valence-electron chi connectivity index (χ1n) is 4.03. The van der Waals surface area contributed by atoms with Gasteiger partial charge in [-0.3, -0.25) is 10.1 Å². The molecule has 0 saturated heterocycles. The van der Waals surface area contributed by atoms with Crippen LogP contribution < -0.4 is 10.5 Å². The summed E-state index contributed by atoms with van der Waals surface area (Å²) in [6.45, 7) is -0.0751. The zero-order valence-corrected chi connectivity index (χ0v) is 7.57. The van der Waals surface area contributed by atoms with Crippen molar-refractivity contribution in [3.8, 4) is 5.75 Å². The Labute approximate surface area is 83.6 Å². The molecule has 1 aromatic carbocycles. The van der Waals surface area contributed by atoms with Crippen molar-refractivity contribution in [2.75, 3.05) is 13.2 Å². The van der Waals surface area contributed by atoms with Crippen LogP contribution in [0.2, 0.25) is 0 Å². The van der Waals surface area contributed by atoms with Gasteiger partial charge in [0.25, 0.3) is 0 Å². The molecule has 0 aliphatic rings. The molecule has 0 heterocycles. The molecule has 0 aliphatic carbocycles. The van der Waals surface area contributed by atoms with Gasteiger partial charge >= 0.3 is 5.69 Å². The van der Waals surface area contributed by atoms with Crippen molar-refractivity contribution in [1.29, 1.82) is 0 Å². The quantitative estimate of drug-likeness (QED) is 0.608. The van der Waals surface area contributed by atoms with Crippen LogP contribution in [-0.2, 0) is 0 Å². The summed E-state index contributed by atoms with van der Waals surface area (Å²) in [5.74, 6) is -3.30. The highest BCUT2D eigenvalue weighted by Crippen LogP contribution is 2.31. The Bertz CT molecular complexity index is 384. The highest BCUT2D eigenvalue weighted by atomic mass is 19.2. The molecule has 0 saturated carbocycles. The maximum atomic E-state index is 13.1. The fourth-order valence-electron chi connectivity index (χ4n) is 0.964. The van der Waals surface area contributed by atoms with Crippen LogP contribution in [0.15, 0.2) is 12.1 Å². The van der Waals surface area contributed by atoms with E-state index in [1.807, 2.05) is 0 Å². The number of hydrogen-bond donors (Lipinski definition) is 1. The van der Waals surface area contributed by atoms with Crippen LogP contribution in [0.4, 0.5) is 14.5 Å². The summed E-state index contributed by atoms with van der Waals surface area (Å²) in [7, 11) is 0. The predicted molar refractivity (Wildman–Crippen MR) is 47.6 cm³/mol. The number of benzene rings is 1. The van der Waals surface area contributed by atoms with Crippen LogP contribution in [0.3, 0.4) is 0 Å². The third-order valence-electron chi connectivity index (χ3n) is 1.59. The molecule has 15 heavy (non-hydrogen) atoms. The van der Waals surface area contributed by atoms with Crippen molar-refractivity contribution in [3.63, 3.8) is 0 Å². The lowest BCUT2D eigenvalue weighted by molar-refractivity contribution is -0.386. The molecule has 0 unspecified atom stereocenters. The van der Waals surface area contributed by atoms with Crippen LogP contribution in [0, 0.1) is 21.7 Å². The molecule has 1 aromatic rings. The first-order chi connectivity index (χ1) is 7.07. The van der Waals surface area contributed by atoms with E-state index >= 15 is 0 Å². The minimum Gasteiger partial charge on any atom is -0.483 e. The van der Waals surface area contributed by atoms with E-state index in [4.69, 9.17) is 5.73 Å². The second kappa shape index (κ2) is 4.65. The smallest absolute Gasteiger partial charge is 0.314 e. The van der Waals surface area contributed by atoms with E-state index in [-0.39, 0.29) is 13.2 Å². The Morgan fingerprint density at radius 3 is 2.67 bits per heavy atom. The average Bonchev–Trinajstić information content (AvgIpc) is 2.19. The maximum absolute atomic E-state index is 13.1. The standard InChI is InChI=1S/C8H8F2N2O3/c9-5-1-2-6(12(13)14)8(7(5)10)15-4-3-11/h1-2H,3-4,11H2. The lowest BCUT2D eigenvalue weighted by Gasteiger charge is -2.06. The van der Waals surface area contributed by atoms with Crippen molar-refractivity contribution < 1.29 is 18.4 Å². The molecule has 0 atom stereocenters. The van der Waals surface area contributed by atoms with Crippen LogP contribution >= 0.6 is 0 Å². The third kappa shape index (κ3) is 2.38. The van der Waals surface area contributed by atoms with E-state index in [0.29, 0.717) is 6.07 Å². The third-order valence-corrected chi connectivity index (χ3v) is 1.59. The molecule has 1 rings (SSSR count). The van der Waals surface area contributed by atoms with Gasteiger partial charge < -0.3 is 10.5 Å². The Balaban J connectivity index is 3.16. The Hall–Kier alpha value is -1.76. The van der Waals surface area contributed by atoms with Gasteiger partial charge in [-0.2, -0.15) is 4.39 Å². The second-order valence-corrected chi connectivity index (χ2v) is 2.60. The first-order valence-corrected chi connectivity index (χ1v) is 4.03. The number of nitrogens with zero attached hydrogens (tertiary/aromatic N) is 1. The van der Waals surface area contributed by atoms with Gasteiger partial charge in [-0.15, -0.1) is 0 Å². The molecule has 82 valence electrons. The summed E-state index contributed by atoms with van der Waals surface area (Å²) in [6.07, 6.45) is 0. The van der Waals surface area contributed by atoms with Gasteiger partial charge in [0.15, 0.2) is 5.82 Å². The van der Waals surface area contributed by atoms with E-state index in [9.17, 15) is 18.9 Å². The summed E-state index contributed by atoms with van der Waals surface area (Å²) in [5, 5.41) is 10.5. The predicted octanol–water partition coefficient (Wildman–Crippen LogP) is 1.21. The summed E-state index contributed by atoms with van der Waals surface area (Å²) in [4.78, 5) is 9.60. The average molecular weight is 218 g/mol.